The third-order valence-corrected chi connectivity index (χ3v) is 2.34. The van der Waals surface area contributed by atoms with Crippen LogP contribution in [0.4, 0.5) is 5.69 Å². The van der Waals surface area contributed by atoms with E-state index in [4.69, 9.17) is 9.84 Å². The van der Waals surface area contributed by atoms with Crippen molar-refractivity contribution in [3.63, 3.8) is 0 Å². The van der Waals surface area contributed by atoms with Crippen LogP contribution in [-0.2, 0) is 9.59 Å². The molecule has 0 atom stereocenters. The maximum atomic E-state index is 11.3. The number of esters is 1. The maximum absolute atomic E-state index is 11.3. The van der Waals surface area contributed by atoms with Crippen LogP contribution in [0.15, 0.2) is 36.5 Å². The zero-order chi connectivity index (χ0) is 12.3. The number of hydrogen-bond donors (Lipinski definition) is 1. The Kier molecular flexibility index (Phi) is 3.09. The van der Waals surface area contributed by atoms with Gasteiger partial charge in [-0.3, -0.25) is 4.79 Å². The molecule has 1 heterocycles. The number of carboxylic acid groups (broad SMARTS) is 1. The van der Waals surface area contributed by atoms with E-state index in [0.717, 1.165) is 0 Å². The highest BCUT2D eigenvalue weighted by atomic mass is 16.5. The molecule has 0 aromatic heterocycles. The minimum Gasteiger partial charge on any atom is -0.481 e. The fraction of sp³-hybridized carbons (Fsp3) is 0.167. The van der Waals surface area contributed by atoms with Crippen LogP contribution in [-0.4, -0.2) is 23.6 Å². The molecule has 0 spiro atoms. The molecule has 5 nitrogen and oxygen atoms in total. The number of carbonyl (C=O) groups excluding carboxylic acids is 1. The van der Waals surface area contributed by atoms with E-state index in [1.54, 1.807) is 29.2 Å². The Morgan fingerprint density at radius 1 is 1.35 bits per heavy atom. The first kappa shape index (κ1) is 11.2. The molecule has 1 aromatic carbocycles. The van der Waals surface area contributed by atoms with Crippen molar-refractivity contribution in [2.45, 2.75) is 6.42 Å². The summed E-state index contributed by atoms with van der Waals surface area (Å²) in [5, 5.41) is 8.67. The molecule has 0 fully saturated rings. The molecule has 0 bridgehead atoms. The molecule has 0 amide bonds. The molecule has 0 saturated carbocycles. The number of aliphatic carboxylic acids is 1. The van der Waals surface area contributed by atoms with Gasteiger partial charge in [0.2, 0.25) is 0 Å². The average molecular weight is 233 g/mol. The molecule has 1 aliphatic heterocycles. The summed E-state index contributed by atoms with van der Waals surface area (Å²) in [6.45, 7) is 0.291. The van der Waals surface area contributed by atoms with Gasteiger partial charge in [-0.25, -0.2) is 4.79 Å². The van der Waals surface area contributed by atoms with Crippen molar-refractivity contribution in [3.05, 3.63) is 36.5 Å². The molecule has 0 unspecified atom stereocenters. The summed E-state index contributed by atoms with van der Waals surface area (Å²) >= 11 is 0. The number of carboxylic acids is 1. The van der Waals surface area contributed by atoms with Gasteiger partial charge in [0, 0.05) is 18.8 Å². The van der Waals surface area contributed by atoms with Crippen LogP contribution in [0.5, 0.6) is 5.75 Å². The summed E-state index contributed by atoms with van der Waals surface area (Å²) in [6.07, 6.45) is 2.81. The molecule has 0 saturated heterocycles. The number of nitrogens with zero attached hydrogens (tertiary/aromatic N) is 1. The Morgan fingerprint density at radius 3 is 2.88 bits per heavy atom. The van der Waals surface area contributed by atoms with Gasteiger partial charge in [0.05, 0.1) is 12.1 Å². The van der Waals surface area contributed by atoms with Gasteiger partial charge in [0.15, 0.2) is 5.75 Å². The number of benzene rings is 1. The molecule has 17 heavy (non-hydrogen) atoms. The first-order valence-electron chi connectivity index (χ1n) is 5.14. The van der Waals surface area contributed by atoms with E-state index in [9.17, 15) is 9.59 Å². The number of carbonyl (C=O) groups is 2. The van der Waals surface area contributed by atoms with Gasteiger partial charge in [-0.15, -0.1) is 0 Å². The number of para-hydroxylation sites is 2. The Labute approximate surface area is 97.9 Å². The first-order chi connectivity index (χ1) is 8.16. The van der Waals surface area contributed by atoms with Crippen LogP contribution in [0.25, 0.3) is 0 Å². The number of rotatable bonds is 3. The van der Waals surface area contributed by atoms with E-state index in [-0.39, 0.29) is 6.42 Å². The molecule has 0 radical (unpaired) electrons. The number of fused-ring (bicyclic) bond motifs is 1. The van der Waals surface area contributed by atoms with Gasteiger partial charge in [0.25, 0.3) is 0 Å². The highest BCUT2D eigenvalue weighted by Crippen LogP contribution is 2.30. The topological polar surface area (TPSA) is 66.8 Å². The van der Waals surface area contributed by atoms with E-state index in [0.29, 0.717) is 18.0 Å². The molecule has 1 aliphatic rings. The summed E-state index contributed by atoms with van der Waals surface area (Å²) in [6, 6.07) is 7.01. The van der Waals surface area contributed by atoms with Gasteiger partial charge in [0.1, 0.15) is 0 Å². The van der Waals surface area contributed by atoms with Crippen LogP contribution in [0.2, 0.25) is 0 Å². The zero-order valence-electron chi connectivity index (χ0n) is 9.00. The molecule has 1 aromatic rings. The number of hydrogen-bond acceptors (Lipinski definition) is 4. The Bertz CT molecular complexity index is 481. The van der Waals surface area contributed by atoms with Crippen LogP contribution in [0.3, 0.4) is 0 Å². The smallest absolute Gasteiger partial charge is 0.337 e. The third-order valence-electron chi connectivity index (χ3n) is 2.34. The van der Waals surface area contributed by atoms with Crippen LogP contribution in [0.1, 0.15) is 6.42 Å². The minimum atomic E-state index is -0.882. The average Bonchev–Trinajstić information content (AvgIpc) is 2.45. The predicted octanol–water partition coefficient (Wildman–Crippen LogP) is 1.40. The largest absolute Gasteiger partial charge is 0.481 e. The SMILES string of the molecule is O=C(O)CCN1C=CC(=O)Oc2ccccc21. The monoisotopic (exact) mass is 233 g/mol. The van der Waals surface area contributed by atoms with Crippen molar-refractivity contribution >= 4 is 17.6 Å². The van der Waals surface area contributed by atoms with E-state index in [1.807, 2.05) is 0 Å². The molecule has 1 N–H and O–H groups in total. The molecule has 5 heteroatoms. The van der Waals surface area contributed by atoms with Crippen LogP contribution in [0, 0.1) is 0 Å². The lowest BCUT2D eigenvalue weighted by Crippen LogP contribution is -2.19. The molecule has 2 rings (SSSR count). The van der Waals surface area contributed by atoms with Crippen molar-refractivity contribution in [3.8, 4) is 5.75 Å². The predicted molar refractivity (Wildman–Crippen MR) is 60.8 cm³/mol. The first-order valence-corrected chi connectivity index (χ1v) is 5.14. The fourth-order valence-electron chi connectivity index (χ4n) is 1.57. The van der Waals surface area contributed by atoms with Crippen molar-refractivity contribution in [2.75, 3.05) is 11.4 Å². The van der Waals surface area contributed by atoms with E-state index >= 15 is 0 Å². The second kappa shape index (κ2) is 4.69. The second-order valence-corrected chi connectivity index (χ2v) is 3.54. The van der Waals surface area contributed by atoms with Crippen molar-refractivity contribution in [1.82, 2.24) is 0 Å². The van der Waals surface area contributed by atoms with Gasteiger partial charge < -0.3 is 14.7 Å². The summed E-state index contributed by atoms with van der Waals surface area (Å²) in [4.78, 5) is 23.5. The second-order valence-electron chi connectivity index (χ2n) is 3.54. The lowest BCUT2D eigenvalue weighted by atomic mass is 10.2. The van der Waals surface area contributed by atoms with Gasteiger partial charge in [-0.05, 0) is 12.1 Å². The normalized spacial score (nSPS) is 13.9. The van der Waals surface area contributed by atoms with Crippen LogP contribution >= 0.6 is 0 Å². The summed E-state index contributed by atoms with van der Waals surface area (Å²) in [5.41, 5.74) is 0.691. The van der Waals surface area contributed by atoms with E-state index < -0.39 is 11.9 Å². The van der Waals surface area contributed by atoms with Crippen molar-refractivity contribution < 1.29 is 19.4 Å². The lowest BCUT2D eigenvalue weighted by Gasteiger charge is -2.19. The summed E-state index contributed by atoms with van der Waals surface area (Å²) in [5.74, 6) is -0.907. The Morgan fingerprint density at radius 2 is 2.12 bits per heavy atom. The minimum absolute atomic E-state index is 0.00708. The summed E-state index contributed by atoms with van der Waals surface area (Å²) < 4.78 is 5.08. The highest BCUT2D eigenvalue weighted by molar-refractivity contribution is 5.87. The van der Waals surface area contributed by atoms with Gasteiger partial charge >= 0.3 is 11.9 Å². The van der Waals surface area contributed by atoms with Crippen LogP contribution < -0.4 is 9.64 Å². The summed E-state index contributed by atoms with van der Waals surface area (Å²) in [7, 11) is 0. The lowest BCUT2D eigenvalue weighted by molar-refractivity contribution is -0.136. The fourth-order valence-corrected chi connectivity index (χ4v) is 1.57. The van der Waals surface area contributed by atoms with Crippen molar-refractivity contribution in [2.24, 2.45) is 0 Å². The van der Waals surface area contributed by atoms with E-state index in [2.05, 4.69) is 0 Å². The van der Waals surface area contributed by atoms with Gasteiger partial charge in [-0.2, -0.15) is 0 Å². The third kappa shape index (κ3) is 2.63. The van der Waals surface area contributed by atoms with Crippen molar-refractivity contribution in [1.29, 1.82) is 0 Å². The number of anilines is 1. The quantitative estimate of drug-likeness (QED) is 0.631. The Hall–Kier alpha value is -2.30. The number of ether oxygens (including phenoxy) is 1. The van der Waals surface area contributed by atoms with Gasteiger partial charge in [-0.1, -0.05) is 12.1 Å². The molecular formula is C12H11NO4. The zero-order valence-corrected chi connectivity index (χ0v) is 9.00. The van der Waals surface area contributed by atoms with E-state index in [1.165, 1.54) is 12.3 Å². The molecule has 88 valence electrons. The molecule has 0 aliphatic carbocycles. The molecular weight excluding hydrogens is 222 g/mol. The standard InChI is InChI=1S/C12H11NO4/c14-11(15)5-7-13-8-6-12(16)17-10-4-2-1-3-9(10)13/h1-4,6,8H,5,7H2,(H,14,15). The highest BCUT2D eigenvalue weighted by Gasteiger charge is 2.16. The Balaban J connectivity index is 2.28. The maximum Gasteiger partial charge on any atom is 0.337 e.